The molecule has 0 amide bonds. The molecule has 0 aromatic carbocycles. The molecule has 0 unspecified atom stereocenters. The lowest BCUT2D eigenvalue weighted by molar-refractivity contribution is 0.149. The Bertz CT molecular complexity index is 492. The van der Waals surface area contributed by atoms with Crippen LogP contribution in [0.15, 0.2) is 15.6 Å². The van der Waals surface area contributed by atoms with Gasteiger partial charge in [0, 0.05) is 21.4 Å². The van der Waals surface area contributed by atoms with Gasteiger partial charge in [0.2, 0.25) is 0 Å². The third kappa shape index (κ3) is 2.64. The molecular weight excluding hydrogens is 316 g/mol. The summed E-state index contributed by atoms with van der Waals surface area (Å²) in [5.41, 5.74) is -0.430. The third-order valence-electron chi connectivity index (χ3n) is 1.66. The molecule has 0 aliphatic carbocycles. The number of halogens is 4. The van der Waals surface area contributed by atoms with E-state index < -0.39 is 25.9 Å². The van der Waals surface area contributed by atoms with Crippen molar-refractivity contribution in [2.45, 2.75) is 18.2 Å². The summed E-state index contributed by atoms with van der Waals surface area (Å²) in [4.78, 5) is 3.14. The lowest BCUT2D eigenvalue weighted by Crippen LogP contribution is -2.02. The van der Waals surface area contributed by atoms with Gasteiger partial charge in [-0.05, 0) is 22.9 Å². The number of alkyl halides is 2. The van der Waals surface area contributed by atoms with E-state index in [1.54, 1.807) is 0 Å². The molecule has 0 N–H and O–H groups in total. The minimum absolute atomic E-state index is 0.0706. The smallest absolute Gasteiger partial charge is 0.260 e. The van der Waals surface area contributed by atoms with Gasteiger partial charge in [0.15, 0.2) is 0 Å². The highest BCUT2D eigenvalue weighted by atomic mass is 79.9. The van der Waals surface area contributed by atoms with Crippen LogP contribution in [0.1, 0.15) is 17.7 Å². The minimum atomic E-state index is -4.09. The summed E-state index contributed by atoms with van der Waals surface area (Å²) in [5, 5.41) is 0. The summed E-state index contributed by atoms with van der Waals surface area (Å²) >= 11 is 2.78. The first-order valence-electron chi connectivity index (χ1n) is 3.63. The van der Waals surface area contributed by atoms with Crippen LogP contribution < -0.4 is 0 Å². The number of hydrogen-bond donors (Lipinski definition) is 0. The Labute approximate surface area is 98.0 Å². The van der Waals surface area contributed by atoms with Crippen molar-refractivity contribution in [3.63, 3.8) is 0 Å². The molecule has 0 spiro atoms. The Morgan fingerprint density at radius 1 is 1.53 bits per heavy atom. The average molecular weight is 321 g/mol. The van der Waals surface area contributed by atoms with Crippen molar-refractivity contribution in [3.05, 3.63) is 21.9 Å². The molecule has 84 valence electrons. The molecule has 0 saturated heterocycles. The van der Waals surface area contributed by atoms with Crippen molar-refractivity contribution >= 4 is 35.7 Å². The molecule has 0 saturated carbocycles. The molecule has 0 aliphatic rings. The number of aromatic nitrogens is 1. The van der Waals surface area contributed by atoms with E-state index in [-0.39, 0.29) is 10.2 Å². The first kappa shape index (κ1) is 12.8. The summed E-state index contributed by atoms with van der Waals surface area (Å²) in [6, 6.07) is 0. The largest absolute Gasteiger partial charge is 0.266 e. The Morgan fingerprint density at radius 3 is 2.47 bits per heavy atom. The number of pyridine rings is 1. The van der Waals surface area contributed by atoms with Gasteiger partial charge in [0.1, 0.15) is 4.90 Å². The van der Waals surface area contributed by atoms with Gasteiger partial charge < -0.3 is 0 Å². The number of rotatable bonds is 2. The first-order chi connectivity index (χ1) is 6.75. The predicted molar refractivity (Wildman–Crippen MR) is 54.7 cm³/mol. The summed E-state index contributed by atoms with van der Waals surface area (Å²) in [6.45, 7) is 1.37. The minimum Gasteiger partial charge on any atom is -0.260 e. The molecule has 0 aliphatic heterocycles. The maximum Gasteiger partial charge on any atom is 0.266 e. The van der Waals surface area contributed by atoms with Gasteiger partial charge in [-0.3, -0.25) is 4.98 Å². The fourth-order valence-corrected chi connectivity index (χ4v) is 3.79. The van der Waals surface area contributed by atoms with Crippen molar-refractivity contribution in [1.29, 1.82) is 0 Å². The second-order valence-electron chi connectivity index (χ2n) is 2.68. The van der Waals surface area contributed by atoms with Crippen LogP contribution in [0.4, 0.5) is 8.78 Å². The second-order valence-corrected chi connectivity index (χ2v) is 5.98. The second kappa shape index (κ2) is 4.31. The summed E-state index contributed by atoms with van der Waals surface area (Å²) in [7, 11) is 1.01. The zero-order valence-corrected chi connectivity index (χ0v) is 10.5. The fraction of sp³-hybridized carbons (Fsp3) is 0.286. The number of nitrogens with zero attached hydrogens (tertiary/aromatic N) is 1. The van der Waals surface area contributed by atoms with Crippen molar-refractivity contribution in [1.82, 2.24) is 4.98 Å². The molecule has 0 atom stereocenters. The Morgan fingerprint density at radius 2 is 2.07 bits per heavy atom. The number of aryl methyl sites for hydroxylation is 1. The molecule has 15 heavy (non-hydrogen) atoms. The van der Waals surface area contributed by atoms with Crippen LogP contribution in [-0.4, -0.2) is 13.4 Å². The van der Waals surface area contributed by atoms with E-state index >= 15 is 0 Å². The summed E-state index contributed by atoms with van der Waals surface area (Å²) < 4.78 is 46.8. The molecule has 0 fully saturated rings. The van der Waals surface area contributed by atoms with Gasteiger partial charge in [-0.2, -0.15) is 0 Å². The highest BCUT2D eigenvalue weighted by molar-refractivity contribution is 9.10. The van der Waals surface area contributed by atoms with E-state index in [4.69, 9.17) is 10.7 Å². The molecule has 1 rings (SSSR count). The monoisotopic (exact) mass is 319 g/mol. The van der Waals surface area contributed by atoms with Gasteiger partial charge in [0.25, 0.3) is 15.5 Å². The van der Waals surface area contributed by atoms with Gasteiger partial charge in [-0.1, -0.05) is 0 Å². The lowest BCUT2D eigenvalue weighted by Gasteiger charge is -2.08. The maximum atomic E-state index is 12.4. The van der Waals surface area contributed by atoms with Crippen LogP contribution in [0.3, 0.4) is 0 Å². The molecule has 3 nitrogen and oxygen atoms in total. The van der Waals surface area contributed by atoms with E-state index in [0.717, 1.165) is 6.20 Å². The van der Waals surface area contributed by atoms with Gasteiger partial charge in [0.05, 0.1) is 11.3 Å². The molecular formula is C7H5BrClF2NO2S. The van der Waals surface area contributed by atoms with E-state index in [9.17, 15) is 17.2 Å². The highest BCUT2D eigenvalue weighted by Gasteiger charge is 2.24. The van der Waals surface area contributed by atoms with Crippen molar-refractivity contribution in [2.24, 2.45) is 0 Å². The molecule has 1 heterocycles. The van der Waals surface area contributed by atoms with Crippen LogP contribution in [0.5, 0.6) is 0 Å². The SMILES string of the molecule is Cc1ncc(C(F)F)c(Br)c1S(=O)(=O)Cl. The van der Waals surface area contributed by atoms with Crippen LogP contribution in [-0.2, 0) is 9.05 Å². The molecule has 1 aromatic heterocycles. The van der Waals surface area contributed by atoms with Gasteiger partial charge in [-0.25, -0.2) is 17.2 Å². The summed E-state index contributed by atoms with van der Waals surface area (Å²) in [5.74, 6) is 0. The van der Waals surface area contributed by atoms with E-state index in [0.29, 0.717) is 0 Å². The van der Waals surface area contributed by atoms with Gasteiger partial charge in [-0.15, -0.1) is 0 Å². The normalized spacial score (nSPS) is 12.1. The fourth-order valence-electron chi connectivity index (χ4n) is 1.01. The molecule has 8 heteroatoms. The lowest BCUT2D eigenvalue weighted by atomic mass is 10.2. The molecule has 1 aromatic rings. The van der Waals surface area contributed by atoms with Crippen LogP contribution in [0, 0.1) is 6.92 Å². The standard InChI is InChI=1S/C7H5BrClF2NO2S/c1-3-6(15(9,13)14)5(8)4(2-12-3)7(10)11/h2,7H,1H3. The predicted octanol–water partition coefficient (Wildman–Crippen LogP) is 3.02. The van der Waals surface area contributed by atoms with Crippen LogP contribution >= 0.6 is 26.6 Å². The zero-order chi connectivity index (χ0) is 11.8. The summed E-state index contributed by atoms with van der Waals surface area (Å²) in [6.07, 6.45) is -1.90. The molecule has 0 bridgehead atoms. The Hall–Kier alpha value is -0.270. The van der Waals surface area contributed by atoms with Crippen LogP contribution in [0.25, 0.3) is 0 Å². The van der Waals surface area contributed by atoms with E-state index in [2.05, 4.69) is 20.9 Å². The topological polar surface area (TPSA) is 47.0 Å². The maximum absolute atomic E-state index is 12.4. The number of hydrogen-bond acceptors (Lipinski definition) is 3. The van der Waals surface area contributed by atoms with Crippen molar-refractivity contribution in [3.8, 4) is 0 Å². The Balaban J connectivity index is 3.59. The van der Waals surface area contributed by atoms with E-state index in [1.807, 2.05) is 0 Å². The quantitative estimate of drug-likeness (QED) is 0.787. The zero-order valence-electron chi connectivity index (χ0n) is 7.34. The highest BCUT2D eigenvalue weighted by Crippen LogP contribution is 2.34. The van der Waals surface area contributed by atoms with Crippen LogP contribution in [0.2, 0.25) is 0 Å². The Kier molecular flexibility index (Phi) is 3.67. The van der Waals surface area contributed by atoms with E-state index in [1.165, 1.54) is 6.92 Å². The van der Waals surface area contributed by atoms with Crippen molar-refractivity contribution in [2.75, 3.05) is 0 Å². The van der Waals surface area contributed by atoms with Crippen molar-refractivity contribution < 1.29 is 17.2 Å². The first-order valence-corrected chi connectivity index (χ1v) is 6.73. The van der Waals surface area contributed by atoms with Gasteiger partial charge >= 0.3 is 0 Å². The third-order valence-corrected chi connectivity index (χ3v) is 4.22. The average Bonchev–Trinajstić information content (AvgIpc) is 2.00. The molecule has 0 radical (unpaired) electrons.